The first-order valence-corrected chi connectivity index (χ1v) is 12.5. The van der Waals surface area contributed by atoms with E-state index in [1.54, 1.807) is 28.9 Å². The molecule has 0 bridgehead atoms. The zero-order valence-corrected chi connectivity index (χ0v) is 21.2. The largest absolute Gasteiger partial charge is 0.321 e. The van der Waals surface area contributed by atoms with Crippen molar-refractivity contribution in [2.45, 2.75) is 45.9 Å². The molecule has 1 atom stereocenters. The minimum absolute atomic E-state index is 0.156. The van der Waals surface area contributed by atoms with Crippen LogP contribution in [-0.4, -0.2) is 30.1 Å². The van der Waals surface area contributed by atoms with E-state index in [1.807, 2.05) is 38.1 Å². The van der Waals surface area contributed by atoms with Gasteiger partial charge in [0.1, 0.15) is 11.6 Å². The Bertz CT molecular complexity index is 1590. The molecule has 0 aliphatic rings. The number of tetrazole rings is 1. The number of para-hydroxylation sites is 1. The van der Waals surface area contributed by atoms with Crippen LogP contribution in [0.25, 0.3) is 10.9 Å². The number of aromatic nitrogens is 5. The van der Waals surface area contributed by atoms with E-state index in [-0.39, 0.29) is 23.2 Å². The number of aryl methyl sites for hydroxylation is 1. The van der Waals surface area contributed by atoms with Crippen LogP contribution in [0.3, 0.4) is 0 Å². The maximum Gasteiger partial charge on any atom is 0.252 e. The molecule has 0 radical (unpaired) electrons. The van der Waals surface area contributed by atoms with Gasteiger partial charge in [-0.2, -0.15) is 0 Å². The molecule has 1 N–H and O–H groups in total. The van der Waals surface area contributed by atoms with Crippen molar-refractivity contribution in [3.05, 3.63) is 123 Å². The Labute approximate surface area is 218 Å². The number of nitrogens with zero attached hydrogens (tertiary/aromatic N) is 5. The molecule has 3 aromatic carbocycles. The second-order valence-corrected chi connectivity index (χ2v) is 9.44. The second-order valence-electron chi connectivity index (χ2n) is 9.44. The Balaban J connectivity index is 1.52. The van der Waals surface area contributed by atoms with E-state index in [1.165, 1.54) is 24.3 Å². The molecular formula is C29H28F2N6O. The molecule has 38 heavy (non-hydrogen) atoms. The Morgan fingerprint density at radius 1 is 0.947 bits per heavy atom. The number of rotatable bonds is 9. The zero-order valence-electron chi connectivity index (χ0n) is 21.2. The SMILES string of the molecule is CC[C@@H](c1nnnn1Cc1ccc(F)cc1)N(Cc1ccc(F)cc1)Cc1cc2cccc(C)c2[nH]c1=O. The van der Waals surface area contributed by atoms with Crippen molar-refractivity contribution in [2.75, 3.05) is 0 Å². The number of fused-ring (bicyclic) bond motifs is 1. The third-order valence-electron chi connectivity index (χ3n) is 6.77. The number of H-pyrrole nitrogens is 1. The number of pyridine rings is 1. The zero-order chi connectivity index (χ0) is 26.6. The predicted molar refractivity (Wildman–Crippen MR) is 141 cm³/mol. The Morgan fingerprint density at radius 2 is 1.63 bits per heavy atom. The van der Waals surface area contributed by atoms with Crippen LogP contribution >= 0.6 is 0 Å². The van der Waals surface area contributed by atoms with Crippen molar-refractivity contribution < 1.29 is 8.78 Å². The molecule has 2 aromatic heterocycles. The van der Waals surface area contributed by atoms with Crippen molar-refractivity contribution >= 4 is 10.9 Å². The fourth-order valence-electron chi connectivity index (χ4n) is 4.80. The van der Waals surface area contributed by atoms with Crippen molar-refractivity contribution in [1.82, 2.24) is 30.1 Å². The van der Waals surface area contributed by atoms with Gasteiger partial charge in [-0.05, 0) is 76.2 Å². The van der Waals surface area contributed by atoms with Crippen LogP contribution in [0.5, 0.6) is 0 Å². The van der Waals surface area contributed by atoms with E-state index in [9.17, 15) is 13.6 Å². The van der Waals surface area contributed by atoms with Gasteiger partial charge in [0.15, 0.2) is 5.82 Å². The first kappa shape index (κ1) is 25.4. The molecule has 5 rings (SSSR count). The fourth-order valence-corrected chi connectivity index (χ4v) is 4.80. The third kappa shape index (κ3) is 5.52. The van der Waals surface area contributed by atoms with Gasteiger partial charge in [0, 0.05) is 18.7 Å². The molecule has 0 saturated heterocycles. The summed E-state index contributed by atoms with van der Waals surface area (Å²) in [4.78, 5) is 18.3. The Hall–Kier alpha value is -4.24. The lowest BCUT2D eigenvalue weighted by Gasteiger charge is -2.30. The highest BCUT2D eigenvalue weighted by atomic mass is 19.1. The minimum atomic E-state index is -0.308. The molecule has 0 amide bonds. The maximum atomic E-state index is 13.6. The lowest BCUT2D eigenvalue weighted by Crippen LogP contribution is -2.32. The monoisotopic (exact) mass is 514 g/mol. The summed E-state index contributed by atoms with van der Waals surface area (Å²) in [6.45, 7) is 5.16. The summed E-state index contributed by atoms with van der Waals surface area (Å²) < 4.78 is 28.7. The molecule has 0 unspecified atom stereocenters. The molecule has 194 valence electrons. The summed E-state index contributed by atoms with van der Waals surface area (Å²) >= 11 is 0. The van der Waals surface area contributed by atoms with E-state index in [2.05, 4.69) is 25.4 Å². The number of halogens is 2. The van der Waals surface area contributed by atoms with E-state index in [0.29, 0.717) is 37.4 Å². The van der Waals surface area contributed by atoms with Crippen molar-refractivity contribution in [3.8, 4) is 0 Å². The molecule has 7 nitrogen and oxygen atoms in total. The van der Waals surface area contributed by atoms with Crippen LogP contribution in [0.2, 0.25) is 0 Å². The number of benzene rings is 3. The van der Waals surface area contributed by atoms with Crippen molar-refractivity contribution in [2.24, 2.45) is 0 Å². The van der Waals surface area contributed by atoms with Gasteiger partial charge < -0.3 is 4.98 Å². The Morgan fingerprint density at radius 3 is 2.32 bits per heavy atom. The standard InChI is InChI=1S/C29H28F2N6O/c1-3-26(28-33-34-35-37(28)17-21-9-13-25(31)14-10-21)36(16-20-7-11-24(30)12-8-20)18-23-15-22-6-4-5-19(2)27(22)32-29(23)38/h4-15,26H,3,16-18H2,1-2H3,(H,32,38)/t26-/m0/s1. The molecule has 0 fully saturated rings. The van der Waals surface area contributed by atoms with Gasteiger partial charge in [-0.3, -0.25) is 9.69 Å². The molecule has 9 heteroatoms. The first-order valence-electron chi connectivity index (χ1n) is 12.5. The molecule has 0 aliphatic carbocycles. The molecular weight excluding hydrogens is 486 g/mol. The normalized spacial score (nSPS) is 12.3. The minimum Gasteiger partial charge on any atom is -0.321 e. The summed E-state index contributed by atoms with van der Waals surface area (Å²) in [6.07, 6.45) is 0.662. The van der Waals surface area contributed by atoms with Crippen LogP contribution in [-0.2, 0) is 19.6 Å². The van der Waals surface area contributed by atoms with E-state index in [0.717, 1.165) is 27.6 Å². The molecule has 0 aliphatic heterocycles. The number of hydrogen-bond acceptors (Lipinski definition) is 5. The lowest BCUT2D eigenvalue weighted by atomic mass is 10.1. The molecule has 0 spiro atoms. The highest BCUT2D eigenvalue weighted by Gasteiger charge is 2.26. The average Bonchev–Trinajstić information content (AvgIpc) is 3.36. The predicted octanol–water partition coefficient (Wildman–Crippen LogP) is 5.30. The maximum absolute atomic E-state index is 13.6. The number of nitrogens with one attached hydrogen (secondary N) is 1. The number of hydrogen-bond donors (Lipinski definition) is 1. The smallest absolute Gasteiger partial charge is 0.252 e. The quantitative estimate of drug-likeness (QED) is 0.289. The van der Waals surface area contributed by atoms with Gasteiger partial charge >= 0.3 is 0 Å². The summed E-state index contributed by atoms with van der Waals surface area (Å²) in [5.74, 6) is 0.0160. The Kier molecular flexibility index (Phi) is 7.37. The summed E-state index contributed by atoms with van der Waals surface area (Å²) in [5.41, 5.74) is 4.04. The average molecular weight is 515 g/mol. The van der Waals surface area contributed by atoms with Gasteiger partial charge in [0.05, 0.1) is 18.1 Å². The van der Waals surface area contributed by atoms with Crippen LogP contribution < -0.4 is 5.56 Å². The van der Waals surface area contributed by atoms with Crippen molar-refractivity contribution in [1.29, 1.82) is 0 Å². The summed E-state index contributed by atoms with van der Waals surface area (Å²) in [7, 11) is 0. The summed E-state index contributed by atoms with van der Waals surface area (Å²) in [5, 5.41) is 13.4. The lowest BCUT2D eigenvalue weighted by molar-refractivity contribution is 0.161. The highest BCUT2D eigenvalue weighted by molar-refractivity contribution is 5.81. The van der Waals surface area contributed by atoms with E-state index >= 15 is 0 Å². The summed E-state index contributed by atoms with van der Waals surface area (Å²) in [6, 6.07) is 20.1. The molecule has 2 heterocycles. The van der Waals surface area contributed by atoms with Gasteiger partial charge in [-0.25, -0.2) is 13.5 Å². The van der Waals surface area contributed by atoms with Crippen LogP contribution in [0.4, 0.5) is 8.78 Å². The topological polar surface area (TPSA) is 79.7 Å². The molecule has 5 aromatic rings. The first-order chi connectivity index (χ1) is 18.4. The fraction of sp³-hybridized carbons (Fsp3) is 0.241. The van der Waals surface area contributed by atoms with Gasteiger partial charge in [-0.15, -0.1) is 5.10 Å². The molecule has 0 saturated carbocycles. The van der Waals surface area contributed by atoms with Crippen molar-refractivity contribution in [3.63, 3.8) is 0 Å². The number of aromatic amines is 1. The van der Waals surface area contributed by atoms with Gasteiger partial charge in [-0.1, -0.05) is 49.4 Å². The van der Waals surface area contributed by atoms with Gasteiger partial charge in [0.25, 0.3) is 5.56 Å². The van der Waals surface area contributed by atoms with Crippen LogP contribution in [0.1, 0.15) is 47.5 Å². The second kappa shape index (κ2) is 11.0. The van der Waals surface area contributed by atoms with E-state index < -0.39 is 0 Å². The van der Waals surface area contributed by atoms with Crippen LogP contribution in [0.15, 0.2) is 77.6 Å². The van der Waals surface area contributed by atoms with Crippen LogP contribution in [0, 0.1) is 18.6 Å². The van der Waals surface area contributed by atoms with Gasteiger partial charge in [0.2, 0.25) is 0 Å². The third-order valence-corrected chi connectivity index (χ3v) is 6.77. The highest BCUT2D eigenvalue weighted by Crippen LogP contribution is 2.27. The van der Waals surface area contributed by atoms with E-state index in [4.69, 9.17) is 0 Å².